The van der Waals surface area contributed by atoms with Gasteiger partial charge in [0.05, 0.1) is 0 Å². The van der Waals surface area contributed by atoms with Crippen LogP contribution in [-0.2, 0) is 5.33 Å². The molecule has 0 aliphatic carbocycles. The van der Waals surface area contributed by atoms with Crippen LogP contribution in [0.4, 0.5) is 0 Å². The van der Waals surface area contributed by atoms with Gasteiger partial charge in [0.25, 0.3) is 0 Å². The highest BCUT2D eigenvalue weighted by Gasteiger charge is 2.02. The van der Waals surface area contributed by atoms with Crippen LogP contribution in [0.5, 0.6) is 5.75 Å². The molecule has 0 saturated heterocycles. The summed E-state index contributed by atoms with van der Waals surface area (Å²) in [5.74, 6) is 0.726. The summed E-state index contributed by atoms with van der Waals surface area (Å²) in [6.07, 6.45) is -0.759. The van der Waals surface area contributed by atoms with E-state index in [1.807, 2.05) is 24.3 Å². The summed E-state index contributed by atoms with van der Waals surface area (Å²) < 4.78 is 5.16. The van der Waals surface area contributed by atoms with Crippen LogP contribution in [0.15, 0.2) is 24.3 Å². The van der Waals surface area contributed by atoms with Crippen LogP contribution in [0, 0.1) is 0 Å². The molecule has 1 atom stereocenters. The van der Waals surface area contributed by atoms with Gasteiger partial charge in [-0.2, -0.15) is 0 Å². The fourth-order valence-electron chi connectivity index (χ4n) is 0.913. The van der Waals surface area contributed by atoms with Gasteiger partial charge in [0.15, 0.2) is 6.29 Å². The van der Waals surface area contributed by atoms with Crippen molar-refractivity contribution in [3.05, 3.63) is 29.8 Å². The normalized spacial score (nSPS) is 12.6. The Kier molecular flexibility index (Phi) is 3.56. The summed E-state index contributed by atoms with van der Waals surface area (Å²) >= 11 is 3.34. The van der Waals surface area contributed by atoms with E-state index in [9.17, 15) is 0 Å². The molecule has 0 aliphatic rings. The first kappa shape index (κ1) is 9.55. The number of hydrogen-bond donors (Lipinski definition) is 1. The smallest absolute Gasteiger partial charge is 0.194 e. The van der Waals surface area contributed by atoms with Crippen LogP contribution in [0.3, 0.4) is 0 Å². The molecule has 3 heteroatoms. The molecule has 0 spiro atoms. The zero-order valence-corrected chi connectivity index (χ0v) is 8.41. The standard InChI is InChI=1S/C9H11BrO2/c1-7(11)12-9-5-3-2-4-8(9)6-10/h2-5,7,11H,6H2,1H3. The predicted octanol–water partition coefficient (Wildman–Crippen LogP) is 2.30. The molecule has 0 bridgehead atoms. The van der Waals surface area contributed by atoms with Crippen molar-refractivity contribution >= 4 is 15.9 Å². The SMILES string of the molecule is CC(O)Oc1ccccc1CBr. The zero-order chi connectivity index (χ0) is 8.97. The van der Waals surface area contributed by atoms with Crippen molar-refractivity contribution in [2.45, 2.75) is 18.5 Å². The molecule has 0 radical (unpaired) electrons. The highest BCUT2D eigenvalue weighted by atomic mass is 79.9. The maximum absolute atomic E-state index is 8.99. The molecule has 0 fully saturated rings. The van der Waals surface area contributed by atoms with Gasteiger partial charge in [0.2, 0.25) is 0 Å². The first-order chi connectivity index (χ1) is 5.74. The van der Waals surface area contributed by atoms with Crippen LogP contribution in [-0.4, -0.2) is 11.4 Å². The molecule has 1 rings (SSSR count). The van der Waals surface area contributed by atoms with E-state index in [0.29, 0.717) is 0 Å². The van der Waals surface area contributed by atoms with E-state index < -0.39 is 6.29 Å². The molecule has 0 aromatic heterocycles. The lowest BCUT2D eigenvalue weighted by atomic mass is 10.2. The third-order valence-electron chi connectivity index (χ3n) is 1.41. The van der Waals surface area contributed by atoms with Gasteiger partial charge in [-0.3, -0.25) is 0 Å². The highest BCUT2D eigenvalue weighted by Crippen LogP contribution is 2.20. The van der Waals surface area contributed by atoms with Crippen LogP contribution in [0.1, 0.15) is 12.5 Å². The van der Waals surface area contributed by atoms with Gasteiger partial charge in [-0.1, -0.05) is 34.1 Å². The molecular formula is C9H11BrO2. The van der Waals surface area contributed by atoms with E-state index in [4.69, 9.17) is 9.84 Å². The van der Waals surface area contributed by atoms with Gasteiger partial charge >= 0.3 is 0 Å². The molecule has 66 valence electrons. The van der Waals surface area contributed by atoms with Crippen molar-refractivity contribution in [2.75, 3.05) is 0 Å². The van der Waals surface area contributed by atoms with Gasteiger partial charge < -0.3 is 9.84 Å². The second-order valence-corrected chi connectivity index (χ2v) is 3.02. The molecule has 1 N–H and O–H groups in total. The minimum atomic E-state index is -0.759. The Morgan fingerprint density at radius 2 is 2.17 bits per heavy atom. The average molecular weight is 231 g/mol. The molecule has 0 aliphatic heterocycles. The Bertz CT molecular complexity index is 248. The number of alkyl halides is 1. The number of aliphatic hydroxyl groups excluding tert-OH is 1. The second-order valence-electron chi connectivity index (χ2n) is 2.46. The molecule has 0 saturated carbocycles. The molecular weight excluding hydrogens is 220 g/mol. The average Bonchev–Trinajstić information content (AvgIpc) is 2.04. The maximum atomic E-state index is 8.99. The van der Waals surface area contributed by atoms with Crippen molar-refractivity contribution in [1.82, 2.24) is 0 Å². The Morgan fingerprint density at radius 3 is 2.75 bits per heavy atom. The van der Waals surface area contributed by atoms with Crippen LogP contribution in [0.25, 0.3) is 0 Å². The fourth-order valence-corrected chi connectivity index (χ4v) is 1.38. The van der Waals surface area contributed by atoms with Crippen LogP contribution in [0.2, 0.25) is 0 Å². The highest BCUT2D eigenvalue weighted by molar-refractivity contribution is 9.08. The summed E-state index contributed by atoms with van der Waals surface area (Å²) in [5.41, 5.74) is 1.04. The number of halogens is 1. The lowest BCUT2D eigenvalue weighted by molar-refractivity contribution is -0.000829. The summed E-state index contributed by atoms with van der Waals surface area (Å²) in [7, 11) is 0. The van der Waals surface area contributed by atoms with E-state index in [1.54, 1.807) is 6.92 Å². The van der Waals surface area contributed by atoms with E-state index in [-0.39, 0.29) is 0 Å². The van der Waals surface area contributed by atoms with Crippen molar-refractivity contribution in [3.63, 3.8) is 0 Å². The van der Waals surface area contributed by atoms with Crippen molar-refractivity contribution in [3.8, 4) is 5.75 Å². The third-order valence-corrected chi connectivity index (χ3v) is 2.02. The Hall–Kier alpha value is -0.540. The van der Waals surface area contributed by atoms with Gasteiger partial charge in [-0.05, 0) is 13.0 Å². The Balaban J connectivity index is 2.82. The second kappa shape index (κ2) is 4.48. The summed E-state index contributed by atoms with van der Waals surface area (Å²) in [6, 6.07) is 7.60. The van der Waals surface area contributed by atoms with Gasteiger partial charge in [0.1, 0.15) is 5.75 Å². The molecule has 0 amide bonds. The number of hydrogen-bond acceptors (Lipinski definition) is 2. The van der Waals surface area contributed by atoms with Crippen molar-refractivity contribution in [2.24, 2.45) is 0 Å². The Labute approximate surface area is 80.3 Å². The number of para-hydroxylation sites is 1. The monoisotopic (exact) mass is 230 g/mol. The molecule has 1 aromatic carbocycles. The molecule has 0 heterocycles. The number of aliphatic hydroxyl groups is 1. The van der Waals surface area contributed by atoms with Crippen molar-refractivity contribution in [1.29, 1.82) is 0 Å². The van der Waals surface area contributed by atoms with E-state index in [0.717, 1.165) is 16.6 Å². The minimum absolute atomic E-state index is 0.726. The third kappa shape index (κ3) is 2.50. The molecule has 12 heavy (non-hydrogen) atoms. The number of ether oxygens (including phenoxy) is 1. The fraction of sp³-hybridized carbons (Fsp3) is 0.333. The van der Waals surface area contributed by atoms with Gasteiger partial charge in [-0.25, -0.2) is 0 Å². The predicted molar refractivity (Wildman–Crippen MR) is 51.4 cm³/mol. The first-order valence-corrected chi connectivity index (χ1v) is 4.85. The van der Waals surface area contributed by atoms with E-state index >= 15 is 0 Å². The molecule has 1 aromatic rings. The topological polar surface area (TPSA) is 29.5 Å². The lowest BCUT2D eigenvalue weighted by Crippen LogP contribution is -2.10. The quantitative estimate of drug-likeness (QED) is 0.638. The Morgan fingerprint density at radius 1 is 1.50 bits per heavy atom. The molecule has 2 nitrogen and oxygen atoms in total. The van der Waals surface area contributed by atoms with Gasteiger partial charge in [0, 0.05) is 10.9 Å². The summed E-state index contributed by atoms with van der Waals surface area (Å²) in [4.78, 5) is 0. The number of benzene rings is 1. The summed E-state index contributed by atoms with van der Waals surface area (Å²) in [6.45, 7) is 1.59. The largest absolute Gasteiger partial charge is 0.465 e. The van der Waals surface area contributed by atoms with E-state index in [2.05, 4.69) is 15.9 Å². The zero-order valence-electron chi connectivity index (χ0n) is 6.83. The first-order valence-electron chi connectivity index (χ1n) is 3.72. The minimum Gasteiger partial charge on any atom is -0.465 e. The van der Waals surface area contributed by atoms with Crippen molar-refractivity contribution < 1.29 is 9.84 Å². The van der Waals surface area contributed by atoms with Crippen LogP contribution < -0.4 is 4.74 Å². The lowest BCUT2D eigenvalue weighted by Gasteiger charge is -2.11. The van der Waals surface area contributed by atoms with Gasteiger partial charge in [-0.15, -0.1) is 0 Å². The van der Waals surface area contributed by atoms with Crippen LogP contribution >= 0.6 is 15.9 Å². The summed E-state index contributed by atoms with van der Waals surface area (Å²) in [5, 5.41) is 9.72. The maximum Gasteiger partial charge on any atom is 0.194 e. The van der Waals surface area contributed by atoms with E-state index in [1.165, 1.54) is 0 Å². The number of rotatable bonds is 3. The molecule has 1 unspecified atom stereocenters.